The van der Waals surface area contributed by atoms with Gasteiger partial charge in [-0.1, -0.05) is 0 Å². The largest absolute Gasteiger partial charge is 0.316 e. The number of alkyl halides is 1. The highest BCUT2D eigenvalue weighted by atomic mass is 19.1. The Hall–Kier alpha value is -1.04. The maximum absolute atomic E-state index is 14.1. The molecule has 6 heteroatoms. The first kappa shape index (κ1) is 9.51. The van der Waals surface area contributed by atoms with Crippen LogP contribution in [0.1, 0.15) is 18.7 Å². The number of hydrogen-bond donors (Lipinski definition) is 1. The summed E-state index contributed by atoms with van der Waals surface area (Å²) in [4.78, 5) is 1.36. The van der Waals surface area contributed by atoms with Crippen molar-refractivity contribution in [2.45, 2.75) is 24.9 Å². The van der Waals surface area contributed by atoms with E-state index in [1.807, 2.05) is 0 Å². The molecule has 2 rings (SSSR count). The molecule has 1 fully saturated rings. The minimum absolute atomic E-state index is 0.280. The summed E-state index contributed by atoms with van der Waals surface area (Å²) in [5, 5.41) is 14.6. The smallest absolute Gasteiger partial charge is 0.177 e. The summed E-state index contributed by atoms with van der Waals surface area (Å²) in [5.41, 5.74) is -1.14. The van der Waals surface area contributed by atoms with Gasteiger partial charge in [0, 0.05) is 6.42 Å². The van der Waals surface area contributed by atoms with Gasteiger partial charge in [0.15, 0.2) is 5.82 Å². The molecule has 0 bridgehead atoms. The highest BCUT2D eigenvalue weighted by Crippen LogP contribution is 2.26. The third kappa shape index (κ3) is 2.06. The van der Waals surface area contributed by atoms with Gasteiger partial charge in [-0.2, -0.15) is 4.80 Å². The van der Waals surface area contributed by atoms with Gasteiger partial charge in [-0.05, 0) is 31.1 Å². The molecule has 78 valence electrons. The van der Waals surface area contributed by atoms with Crippen molar-refractivity contribution in [2.75, 3.05) is 13.1 Å². The summed E-state index contributed by atoms with van der Waals surface area (Å²) < 4.78 is 14.1. The fourth-order valence-electron chi connectivity index (χ4n) is 1.73. The Bertz CT molecular complexity index is 304. The van der Waals surface area contributed by atoms with E-state index in [2.05, 4.69) is 20.7 Å². The summed E-state index contributed by atoms with van der Waals surface area (Å²) >= 11 is 0. The summed E-state index contributed by atoms with van der Waals surface area (Å²) in [6.07, 6.45) is 1.35. The molecular weight excluding hydrogens is 185 g/mol. The van der Waals surface area contributed by atoms with Crippen molar-refractivity contribution in [3.05, 3.63) is 5.82 Å². The molecule has 5 nitrogen and oxygen atoms in total. The van der Waals surface area contributed by atoms with Gasteiger partial charge >= 0.3 is 0 Å². The predicted molar refractivity (Wildman–Crippen MR) is 48.4 cm³/mol. The number of nitrogens with one attached hydrogen (secondary N) is 1. The first-order chi connectivity index (χ1) is 6.68. The zero-order valence-electron chi connectivity index (χ0n) is 8.20. The zero-order valence-corrected chi connectivity index (χ0v) is 8.20. The third-order valence-electron chi connectivity index (χ3n) is 2.52. The predicted octanol–water partition coefficient (Wildman–Crippen LogP) is -0.156. The molecule has 0 unspecified atom stereocenters. The Morgan fingerprint density at radius 2 is 2.21 bits per heavy atom. The van der Waals surface area contributed by atoms with Gasteiger partial charge in [-0.3, -0.25) is 0 Å². The molecule has 1 aliphatic heterocycles. The molecular formula is C8H14FN5. The first-order valence-electron chi connectivity index (χ1n) is 4.80. The Labute approximate surface area is 81.7 Å². The molecule has 0 spiro atoms. The Balaban J connectivity index is 2.01. The van der Waals surface area contributed by atoms with Crippen LogP contribution in [0.25, 0.3) is 0 Å². The van der Waals surface area contributed by atoms with Gasteiger partial charge in [0.2, 0.25) is 0 Å². The van der Waals surface area contributed by atoms with Crippen LogP contribution >= 0.6 is 0 Å². The lowest BCUT2D eigenvalue weighted by Gasteiger charge is -2.28. The first-order valence-corrected chi connectivity index (χ1v) is 4.80. The van der Waals surface area contributed by atoms with Crippen LogP contribution in [0.3, 0.4) is 0 Å². The molecule has 0 aliphatic carbocycles. The van der Waals surface area contributed by atoms with Crippen LogP contribution in [0.4, 0.5) is 4.39 Å². The van der Waals surface area contributed by atoms with Crippen molar-refractivity contribution in [1.82, 2.24) is 25.5 Å². The van der Waals surface area contributed by atoms with Gasteiger partial charge in [0.1, 0.15) is 5.67 Å². The second kappa shape index (κ2) is 3.61. The van der Waals surface area contributed by atoms with E-state index < -0.39 is 5.67 Å². The maximum atomic E-state index is 14.1. The molecule has 0 amide bonds. The van der Waals surface area contributed by atoms with Crippen molar-refractivity contribution in [2.24, 2.45) is 7.05 Å². The summed E-state index contributed by atoms with van der Waals surface area (Å²) in [7, 11) is 1.68. The quantitative estimate of drug-likeness (QED) is 0.719. The van der Waals surface area contributed by atoms with E-state index in [1.165, 1.54) is 4.80 Å². The molecule has 0 radical (unpaired) electrons. The fraction of sp³-hybridized carbons (Fsp3) is 0.875. The zero-order chi connectivity index (χ0) is 10.0. The molecule has 1 saturated heterocycles. The SMILES string of the molecule is Cn1nnc(CC2(F)CCNCC2)n1. The number of tetrazole rings is 1. The van der Waals surface area contributed by atoms with Crippen LogP contribution < -0.4 is 5.32 Å². The van der Waals surface area contributed by atoms with E-state index in [1.54, 1.807) is 7.05 Å². The van der Waals surface area contributed by atoms with Crippen LogP contribution in [0.15, 0.2) is 0 Å². The average Bonchev–Trinajstić information content (AvgIpc) is 2.51. The van der Waals surface area contributed by atoms with Gasteiger partial charge in [0.05, 0.1) is 7.05 Å². The molecule has 1 aromatic rings. The van der Waals surface area contributed by atoms with Crippen LogP contribution in [-0.2, 0) is 13.5 Å². The number of aryl methyl sites for hydroxylation is 1. The highest BCUT2D eigenvalue weighted by molar-refractivity contribution is 4.94. The lowest BCUT2D eigenvalue weighted by Crippen LogP contribution is -2.40. The van der Waals surface area contributed by atoms with Crippen molar-refractivity contribution in [3.63, 3.8) is 0 Å². The molecule has 1 aliphatic rings. The van der Waals surface area contributed by atoms with Crippen molar-refractivity contribution in [3.8, 4) is 0 Å². The van der Waals surface area contributed by atoms with Gasteiger partial charge < -0.3 is 5.32 Å². The molecule has 1 aromatic heterocycles. The van der Waals surface area contributed by atoms with E-state index >= 15 is 0 Å². The average molecular weight is 199 g/mol. The summed E-state index contributed by atoms with van der Waals surface area (Å²) in [6, 6.07) is 0. The van der Waals surface area contributed by atoms with E-state index in [4.69, 9.17) is 0 Å². The van der Waals surface area contributed by atoms with Crippen LogP contribution in [0.5, 0.6) is 0 Å². The fourth-order valence-corrected chi connectivity index (χ4v) is 1.73. The summed E-state index contributed by atoms with van der Waals surface area (Å²) in [6.45, 7) is 1.47. The third-order valence-corrected chi connectivity index (χ3v) is 2.52. The van der Waals surface area contributed by atoms with Gasteiger partial charge in [0.25, 0.3) is 0 Å². The van der Waals surface area contributed by atoms with E-state index in [0.29, 0.717) is 18.7 Å². The lowest BCUT2D eigenvalue weighted by molar-refractivity contribution is 0.113. The number of halogens is 1. The molecule has 14 heavy (non-hydrogen) atoms. The second-order valence-corrected chi connectivity index (χ2v) is 3.77. The maximum Gasteiger partial charge on any atom is 0.177 e. The molecule has 2 heterocycles. The standard InChI is InChI=1S/C8H14FN5/c1-14-12-7(11-13-14)6-8(9)2-4-10-5-3-8/h10H,2-6H2,1H3. The highest BCUT2D eigenvalue weighted by Gasteiger charge is 2.33. The Kier molecular flexibility index (Phi) is 2.45. The van der Waals surface area contributed by atoms with E-state index in [9.17, 15) is 4.39 Å². The minimum Gasteiger partial charge on any atom is -0.316 e. The van der Waals surface area contributed by atoms with E-state index in [-0.39, 0.29) is 6.42 Å². The Morgan fingerprint density at radius 1 is 1.50 bits per heavy atom. The monoisotopic (exact) mass is 199 g/mol. The van der Waals surface area contributed by atoms with E-state index in [0.717, 1.165) is 13.1 Å². The van der Waals surface area contributed by atoms with Gasteiger partial charge in [-0.15, -0.1) is 10.2 Å². The molecule has 0 saturated carbocycles. The molecule has 1 N–H and O–H groups in total. The lowest BCUT2D eigenvalue weighted by atomic mass is 9.91. The Morgan fingerprint density at radius 3 is 2.79 bits per heavy atom. The number of rotatable bonds is 2. The number of aromatic nitrogens is 4. The number of piperidine rings is 1. The van der Waals surface area contributed by atoms with Crippen LogP contribution in [-0.4, -0.2) is 39.0 Å². The van der Waals surface area contributed by atoms with Crippen LogP contribution in [0, 0.1) is 0 Å². The molecule has 0 atom stereocenters. The van der Waals surface area contributed by atoms with Crippen molar-refractivity contribution >= 4 is 0 Å². The van der Waals surface area contributed by atoms with Crippen LogP contribution in [0.2, 0.25) is 0 Å². The van der Waals surface area contributed by atoms with Gasteiger partial charge in [-0.25, -0.2) is 4.39 Å². The minimum atomic E-state index is -1.14. The number of nitrogens with zero attached hydrogens (tertiary/aromatic N) is 4. The normalized spacial score (nSPS) is 21.0. The van der Waals surface area contributed by atoms with Crippen molar-refractivity contribution in [1.29, 1.82) is 0 Å². The second-order valence-electron chi connectivity index (χ2n) is 3.77. The number of hydrogen-bond acceptors (Lipinski definition) is 4. The molecule has 0 aromatic carbocycles. The summed E-state index contributed by atoms with van der Waals surface area (Å²) in [5.74, 6) is 0.497. The topological polar surface area (TPSA) is 55.6 Å². The van der Waals surface area contributed by atoms with Crippen molar-refractivity contribution < 1.29 is 4.39 Å².